The normalized spacial score (nSPS) is 16.8. The molecule has 2 aliphatic heterocycles. The number of alkyl halides is 3. The molecule has 0 radical (unpaired) electrons. The standard InChI is InChI=1S/C41H41F3N12O6S2/c42-41(43,44)64(61,62)54-24-18-40(15-21-46,19-25-54)55-27-33(35(47)57)36(51-55)49-30-10-7-11-31(26-30)50-38(58)34-28-56(52-37(34)48-29-8-3-1-4-9-29)39(14-20-45)16-22-53(23-17-39)63(59,60)32-12-5-2-6-13-32/h1-13,26-28H,14-19,22-25H2,(H2,47,57)(H,48,52)(H,49,51)(H,50,58). The number of halogens is 3. The van der Waals surface area contributed by atoms with Crippen LogP contribution in [0.4, 0.5) is 41.9 Å². The molecular weight excluding hydrogens is 878 g/mol. The zero-order valence-corrected chi connectivity index (χ0v) is 35.5. The Hall–Kier alpha value is -6.79. The summed E-state index contributed by atoms with van der Waals surface area (Å²) in [7, 11) is -9.41. The second kappa shape index (κ2) is 17.8. The molecule has 2 saturated heterocycles. The Bertz CT molecular complexity index is 2840. The molecule has 64 heavy (non-hydrogen) atoms. The molecule has 2 aromatic heterocycles. The quantitative estimate of drug-likeness (QED) is 0.107. The first-order valence-electron chi connectivity index (χ1n) is 19.8. The molecule has 0 spiro atoms. The van der Waals surface area contributed by atoms with Crippen LogP contribution in [0.5, 0.6) is 0 Å². The van der Waals surface area contributed by atoms with E-state index >= 15 is 0 Å². The molecule has 7 rings (SSSR count). The molecule has 2 amide bonds. The molecular formula is C41H41F3N12O6S2. The van der Waals surface area contributed by atoms with Crippen molar-refractivity contribution < 1.29 is 39.6 Å². The summed E-state index contributed by atoms with van der Waals surface area (Å²) in [5.74, 6) is -1.42. The Morgan fingerprint density at radius 1 is 0.688 bits per heavy atom. The molecule has 0 atom stereocenters. The number of rotatable bonds is 14. The largest absolute Gasteiger partial charge is 0.511 e. The maximum absolute atomic E-state index is 14.2. The van der Waals surface area contributed by atoms with E-state index in [9.17, 15) is 50.1 Å². The number of benzene rings is 3. The third-order valence-corrected chi connectivity index (χ3v) is 15.0. The van der Waals surface area contributed by atoms with Gasteiger partial charge >= 0.3 is 15.5 Å². The lowest BCUT2D eigenvalue weighted by Gasteiger charge is -2.40. The number of carbonyl (C=O) groups is 2. The van der Waals surface area contributed by atoms with E-state index in [2.05, 4.69) is 27.1 Å². The van der Waals surface area contributed by atoms with Gasteiger partial charge in [-0.25, -0.2) is 16.8 Å². The van der Waals surface area contributed by atoms with E-state index < -0.39 is 61.5 Å². The lowest BCUT2D eigenvalue weighted by atomic mass is 9.86. The number of amides is 2. The van der Waals surface area contributed by atoms with Crippen molar-refractivity contribution >= 4 is 60.6 Å². The highest BCUT2D eigenvalue weighted by Gasteiger charge is 2.52. The first-order valence-corrected chi connectivity index (χ1v) is 22.7. The van der Waals surface area contributed by atoms with Crippen LogP contribution in [-0.4, -0.2) is 88.5 Å². The van der Waals surface area contributed by atoms with Gasteiger partial charge in [0.05, 0.1) is 41.0 Å². The fourth-order valence-electron chi connectivity index (χ4n) is 7.87. The van der Waals surface area contributed by atoms with Crippen LogP contribution in [0, 0.1) is 22.7 Å². The average molecular weight is 919 g/mol. The topological polar surface area (TPSA) is 254 Å². The maximum atomic E-state index is 14.2. The molecule has 0 bridgehead atoms. The number of hydrogen-bond donors (Lipinski definition) is 4. The highest BCUT2D eigenvalue weighted by molar-refractivity contribution is 7.90. The Balaban J connectivity index is 1.13. The second-order valence-corrected chi connectivity index (χ2v) is 19.2. The highest BCUT2D eigenvalue weighted by atomic mass is 32.2. The third kappa shape index (κ3) is 9.01. The summed E-state index contributed by atoms with van der Waals surface area (Å²) < 4.78 is 95.4. The Labute approximate surface area is 366 Å². The van der Waals surface area contributed by atoms with Gasteiger partial charge in [-0.05, 0) is 68.1 Å². The molecule has 23 heteroatoms. The molecule has 5 N–H and O–H groups in total. The first kappa shape index (κ1) is 45.2. The Kier molecular flexibility index (Phi) is 12.6. The number of nitrogens with two attached hydrogens (primary N) is 1. The summed E-state index contributed by atoms with van der Waals surface area (Å²) in [6.45, 7) is -0.917. The van der Waals surface area contributed by atoms with Crippen molar-refractivity contribution in [2.45, 2.75) is 60.0 Å². The summed E-state index contributed by atoms with van der Waals surface area (Å²) in [5, 5.41) is 37.9. The van der Waals surface area contributed by atoms with Gasteiger partial charge in [0.1, 0.15) is 11.1 Å². The lowest BCUT2D eigenvalue weighted by molar-refractivity contribution is -0.0504. The smallest absolute Gasteiger partial charge is 0.365 e. The number of sulfonamides is 2. The van der Waals surface area contributed by atoms with E-state index in [0.29, 0.717) is 15.7 Å². The van der Waals surface area contributed by atoms with Crippen LogP contribution in [0.2, 0.25) is 0 Å². The molecule has 2 fully saturated rings. The summed E-state index contributed by atoms with van der Waals surface area (Å²) in [6, 6.07) is 27.5. The zero-order valence-electron chi connectivity index (χ0n) is 33.9. The van der Waals surface area contributed by atoms with Crippen molar-refractivity contribution in [1.82, 2.24) is 28.2 Å². The van der Waals surface area contributed by atoms with Crippen molar-refractivity contribution in [2.24, 2.45) is 5.73 Å². The van der Waals surface area contributed by atoms with Gasteiger partial charge in [0.15, 0.2) is 11.6 Å². The lowest BCUT2D eigenvalue weighted by Crippen LogP contribution is -2.51. The van der Waals surface area contributed by atoms with Gasteiger partial charge < -0.3 is 21.7 Å². The molecule has 0 aliphatic carbocycles. The monoisotopic (exact) mass is 918 g/mol. The maximum Gasteiger partial charge on any atom is 0.511 e. The molecule has 0 unspecified atom stereocenters. The number of aromatic nitrogens is 4. The molecule has 0 saturated carbocycles. The Morgan fingerprint density at radius 2 is 1.16 bits per heavy atom. The third-order valence-electron chi connectivity index (χ3n) is 11.5. The molecule has 3 aromatic carbocycles. The number of piperidine rings is 2. The van der Waals surface area contributed by atoms with Crippen LogP contribution < -0.4 is 21.7 Å². The number of carbonyl (C=O) groups excluding carboxylic acids is 2. The number of primary amides is 1. The molecule has 334 valence electrons. The van der Waals surface area contributed by atoms with Crippen molar-refractivity contribution in [3.8, 4) is 12.1 Å². The van der Waals surface area contributed by atoms with E-state index in [4.69, 9.17) is 10.8 Å². The van der Waals surface area contributed by atoms with Crippen LogP contribution in [0.3, 0.4) is 0 Å². The summed E-state index contributed by atoms with van der Waals surface area (Å²) in [5.41, 5.74) is -0.864. The van der Waals surface area contributed by atoms with Crippen LogP contribution in [0.25, 0.3) is 0 Å². The first-order chi connectivity index (χ1) is 30.4. The predicted octanol–water partition coefficient (Wildman–Crippen LogP) is 5.57. The van der Waals surface area contributed by atoms with Crippen molar-refractivity contribution in [3.05, 3.63) is 108 Å². The van der Waals surface area contributed by atoms with Gasteiger partial charge in [0.25, 0.3) is 11.8 Å². The number of nitriles is 2. The van der Waals surface area contributed by atoms with Gasteiger partial charge in [-0.1, -0.05) is 42.5 Å². The highest BCUT2D eigenvalue weighted by Crippen LogP contribution is 2.39. The SMILES string of the molecule is N#CCC1(n2cc(C(N)=O)c(Nc3cccc(NC(=O)c4cn(C5(CC#N)CCN(S(=O)(=O)c6ccccc6)CC5)nc4Nc4ccccc4)c3)n2)CCN(S(=O)(=O)C(F)(F)F)CC1. The van der Waals surface area contributed by atoms with Gasteiger partial charge in [-0.3, -0.25) is 19.0 Å². The van der Waals surface area contributed by atoms with E-state index in [1.807, 2.05) is 12.1 Å². The molecule has 18 nitrogen and oxygen atoms in total. The van der Waals surface area contributed by atoms with E-state index in [1.54, 1.807) is 65.3 Å². The van der Waals surface area contributed by atoms with Gasteiger partial charge in [-0.2, -0.15) is 42.5 Å². The van der Waals surface area contributed by atoms with E-state index in [1.165, 1.54) is 39.6 Å². The predicted molar refractivity (Wildman–Crippen MR) is 227 cm³/mol. The van der Waals surface area contributed by atoms with E-state index in [-0.39, 0.29) is 85.0 Å². The van der Waals surface area contributed by atoms with Crippen molar-refractivity contribution in [3.63, 3.8) is 0 Å². The molecule has 2 aliphatic rings. The van der Waals surface area contributed by atoms with Crippen LogP contribution in [0.1, 0.15) is 59.2 Å². The fraction of sp³-hybridized carbons (Fsp3) is 0.317. The average Bonchev–Trinajstić information content (AvgIpc) is 3.90. The zero-order chi connectivity index (χ0) is 45.9. The van der Waals surface area contributed by atoms with Gasteiger partial charge in [-0.15, -0.1) is 0 Å². The fourth-order valence-corrected chi connectivity index (χ4v) is 10.3. The summed E-state index contributed by atoms with van der Waals surface area (Å²) in [4.78, 5) is 27.0. The summed E-state index contributed by atoms with van der Waals surface area (Å²) >= 11 is 0. The van der Waals surface area contributed by atoms with Crippen molar-refractivity contribution in [2.75, 3.05) is 42.1 Å². The number of nitrogens with one attached hydrogen (secondary N) is 3. The number of nitrogens with zero attached hydrogens (tertiary/aromatic N) is 8. The minimum atomic E-state index is -5.61. The summed E-state index contributed by atoms with van der Waals surface area (Å²) in [6.07, 6.45) is 2.50. The number of anilines is 5. The van der Waals surface area contributed by atoms with Crippen molar-refractivity contribution in [1.29, 1.82) is 10.5 Å². The van der Waals surface area contributed by atoms with E-state index in [0.717, 1.165) is 0 Å². The minimum Gasteiger partial charge on any atom is -0.365 e. The van der Waals surface area contributed by atoms with Gasteiger partial charge in [0, 0.05) is 55.6 Å². The van der Waals surface area contributed by atoms with Crippen LogP contribution >= 0.6 is 0 Å². The second-order valence-electron chi connectivity index (χ2n) is 15.4. The minimum absolute atomic E-state index is 0.0213. The number of para-hydroxylation sites is 1. The number of hydrogen-bond acceptors (Lipinski definition) is 12. The van der Waals surface area contributed by atoms with Crippen LogP contribution in [0.15, 0.2) is 102 Å². The Morgan fingerprint density at radius 3 is 1.69 bits per heavy atom. The molecule has 4 heterocycles. The molecule has 5 aromatic rings. The van der Waals surface area contributed by atoms with Crippen LogP contribution in [-0.2, 0) is 31.1 Å². The van der Waals surface area contributed by atoms with Gasteiger partial charge in [0.2, 0.25) is 10.0 Å².